The van der Waals surface area contributed by atoms with Crippen LogP contribution in [0.15, 0.2) is 47.4 Å². The highest BCUT2D eigenvalue weighted by Gasteiger charge is 2.34. The Morgan fingerprint density at radius 1 is 1.23 bits per heavy atom. The fourth-order valence-corrected chi connectivity index (χ4v) is 5.97. The van der Waals surface area contributed by atoms with E-state index in [9.17, 15) is 23.1 Å². The normalized spacial score (nSPS) is 18.1. The lowest BCUT2D eigenvalue weighted by atomic mass is 9.89. The van der Waals surface area contributed by atoms with Gasteiger partial charge in [-0.3, -0.25) is 9.59 Å². The number of fused-ring (bicyclic) bond motifs is 1. The smallest absolute Gasteiger partial charge is 0.303 e. The summed E-state index contributed by atoms with van der Waals surface area (Å²) in [7, 11) is -2.25. The number of benzene rings is 2. The number of hydrogen-bond donors (Lipinski definition) is 2. The van der Waals surface area contributed by atoms with Crippen molar-refractivity contribution in [2.75, 3.05) is 13.6 Å². The molecule has 0 saturated carbocycles. The van der Waals surface area contributed by atoms with Crippen molar-refractivity contribution in [3.05, 3.63) is 59.2 Å². The first-order chi connectivity index (χ1) is 16.6. The molecule has 2 N–H and O–H groups in total. The van der Waals surface area contributed by atoms with E-state index in [0.717, 1.165) is 29.5 Å². The first-order valence-corrected chi connectivity index (χ1v) is 13.4. The molecule has 190 valence electrons. The number of hydrogen-bond acceptors (Lipinski definition) is 5. The van der Waals surface area contributed by atoms with Gasteiger partial charge in [0.05, 0.1) is 13.0 Å². The summed E-state index contributed by atoms with van der Waals surface area (Å²) in [5.74, 6) is -1.08. The van der Waals surface area contributed by atoms with Crippen LogP contribution in [0.4, 0.5) is 0 Å². The van der Waals surface area contributed by atoms with Crippen LogP contribution in [0, 0.1) is 6.92 Å². The zero-order valence-electron chi connectivity index (χ0n) is 20.5. The first-order valence-electron chi connectivity index (χ1n) is 11.9. The van der Waals surface area contributed by atoms with E-state index in [4.69, 9.17) is 4.74 Å². The van der Waals surface area contributed by atoms with Gasteiger partial charge in [-0.25, -0.2) is 8.42 Å². The highest BCUT2D eigenvalue weighted by Crippen LogP contribution is 2.34. The van der Waals surface area contributed by atoms with Gasteiger partial charge in [0.1, 0.15) is 16.7 Å². The molecule has 9 heteroatoms. The molecule has 1 heterocycles. The van der Waals surface area contributed by atoms with Gasteiger partial charge in [0, 0.05) is 20.0 Å². The average molecular weight is 503 g/mol. The quantitative estimate of drug-likeness (QED) is 0.511. The molecule has 0 spiro atoms. The Hall–Kier alpha value is -2.91. The van der Waals surface area contributed by atoms with Gasteiger partial charge in [-0.05, 0) is 54.5 Å². The lowest BCUT2D eigenvalue weighted by Crippen LogP contribution is -2.36. The lowest BCUT2D eigenvalue weighted by Gasteiger charge is -2.24. The summed E-state index contributed by atoms with van der Waals surface area (Å²) in [5.41, 5.74) is 2.50. The van der Waals surface area contributed by atoms with Gasteiger partial charge in [-0.15, -0.1) is 0 Å². The van der Waals surface area contributed by atoms with E-state index in [1.54, 1.807) is 31.3 Å². The monoisotopic (exact) mass is 502 g/mol. The molecular formula is C26H34N2O6S. The van der Waals surface area contributed by atoms with E-state index in [1.807, 2.05) is 32.0 Å². The number of carboxylic acids is 1. The Morgan fingerprint density at radius 2 is 1.97 bits per heavy atom. The van der Waals surface area contributed by atoms with Crippen LogP contribution in [0.2, 0.25) is 0 Å². The van der Waals surface area contributed by atoms with Crippen LogP contribution in [-0.2, 0) is 26.2 Å². The number of carbonyl (C=O) groups excluding carboxylic acids is 1. The van der Waals surface area contributed by atoms with Crippen molar-refractivity contribution >= 4 is 21.9 Å². The van der Waals surface area contributed by atoms with Crippen molar-refractivity contribution in [3.8, 4) is 5.75 Å². The predicted octanol–water partition coefficient (Wildman–Crippen LogP) is 3.83. The van der Waals surface area contributed by atoms with Gasteiger partial charge in [0.2, 0.25) is 15.9 Å². The minimum Gasteiger partial charge on any atom is -0.488 e. The molecule has 0 bridgehead atoms. The molecule has 1 aliphatic rings. The number of nitrogens with zero attached hydrogens (tertiary/aromatic N) is 1. The fraction of sp³-hybridized carbons (Fsp3) is 0.462. The van der Waals surface area contributed by atoms with E-state index in [1.165, 1.54) is 4.31 Å². The van der Waals surface area contributed by atoms with Crippen LogP contribution in [0.5, 0.6) is 5.75 Å². The van der Waals surface area contributed by atoms with Gasteiger partial charge in [0.15, 0.2) is 0 Å². The molecule has 3 rings (SSSR count). The van der Waals surface area contributed by atoms with Crippen LogP contribution in [-0.4, -0.2) is 49.4 Å². The predicted molar refractivity (Wildman–Crippen MR) is 133 cm³/mol. The van der Waals surface area contributed by atoms with Crippen molar-refractivity contribution in [1.29, 1.82) is 0 Å². The van der Waals surface area contributed by atoms with Crippen LogP contribution >= 0.6 is 0 Å². The Morgan fingerprint density at radius 3 is 2.66 bits per heavy atom. The van der Waals surface area contributed by atoms with E-state index in [0.29, 0.717) is 12.2 Å². The van der Waals surface area contributed by atoms with E-state index in [2.05, 4.69) is 5.32 Å². The topological polar surface area (TPSA) is 113 Å². The number of aliphatic carboxylic acids is 1. The Labute approximate surface area is 207 Å². The van der Waals surface area contributed by atoms with Crippen LogP contribution in [0.1, 0.15) is 61.6 Å². The Balaban J connectivity index is 1.95. The Kier molecular flexibility index (Phi) is 8.91. The zero-order chi connectivity index (χ0) is 25.6. The van der Waals surface area contributed by atoms with Crippen LogP contribution < -0.4 is 10.1 Å². The van der Waals surface area contributed by atoms with Crippen molar-refractivity contribution in [1.82, 2.24) is 9.62 Å². The third kappa shape index (κ3) is 6.61. The molecule has 0 fully saturated rings. The molecule has 8 nitrogen and oxygen atoms in total. The van der Waals surface area contributed by atoms with Gasteiger partial charge < -0.3 is 15.2 Å². The molecule has 1 unspecified atom stereocenters. The second kappa shape index (κ2) is 11.7. The van der Waals surface area contributed by atoms with E-state index < -0.39 is 16.0 Å². The number of nitrogens with one attached hydrogen (secondary N) is 1. The number of carboxylic acid groups (broad SMARTS) is 1. The number of sulfonamides is 1. The van der Waals surface area contributed by atoms with Crippen molar-refractivity contribution in [2.45, 2.75) is 69.4 Å². The number of ether oxygens (including phenoxy) is 1. The fourth-order valence-electron chi connectivity index (χ4n) is 4.40. The number of amides is 1. The number of para-hydroxylation sites is 1. The molecule has 35 heavy (non-hydrogen) atoms. The molecule has 2 aromatic carbocycles. The van der Waals surface area contributed by atoms with Gasteiger partial charge in [-0.2, -0.15) is 4.31 Å². The van der Waals surface area contributed by atoms with Gasteiger partial charge in [-0.1, -0.05) is 43.7 Å². The minimum absolute atomic E-state index is 0.110. The second-order valence-electron chi connectivity index (χ2n) is 8.97. The molecule has 2 aromatic rings. The molecule has 1 aliphatic heterocycles. The summed E-state index contributed by atoms with van der Waals surface area (Å²) < 4.78 is 34.7. The van der Waals surface area contributed by atoms with E-state index in [-0.39, 0.29) is 48.8 Å². The summed E-state index contributed by atoms with van der Waals surface area (Å²) in [6.45, 7) is 4.32. The highest BCUT2D eigenvalue weighted by molar-refractivity contribution is 7.89. The molecule has 0 saturated heterocycles. The summed E-state index contributed by atoms with van der Waals surface area (Å²) in [6, 6.07) is 12.3. The summed E-state index contributed by atoms with van der Waals surface area (Å²) >= 11 is 0. The van der Waals surface area contributed by atoms with Crippen LogP contribution in [0.25, 0.3) is 0 Å². The molecule has 0 aromatic heterocycles. The molecule has 0 radical (unpaired) electrons. The largest absolute Gasteiger partial charge is 0.488 e. The summed E-state index contributed by atoms with van der Waals surface area (Å²) in [6.07, 6.45) is 1.80. The standard InChI is InChI=1S/C26H34N2O6S/c1-4-7-22-17-28(35(32,33)24-9-6-5-8-23(24)34-22)16-21-14-19(11-10-18(21)2)20(15-26(30)31)12-13-25(29)27-3/h5-6,8-11,14,20,22H,4,7,12-13,15-17H2,1-3H3,(H,27,29)(H,30,31)/t20?,22-/m0/s1. The lowest BCUT2D eigenvalue weighted by molar-refractivity contribution is -0.137. The average Bonchev–Trinajstić information content (AvgIpc) is 2.92. The van der Waals surface area contributed by atoms with E-state index >= 15 is 0 Å². The van der Waals surface area contributed by atoms with Crippen molar-refractivity contribution in [3.63, 3.8) is 0 Å². The second-order valence-corrected chi connectivity index (χ2v) is 10.9. The third-order valence-corrected chi connectivity index (χ3v) is 8.24. The number of carbonyl (C=O) groups is 2. The van der Waals surface area contributed by atoms with Gasteiger partial charge >= 0.3 is 5.97 Å². The van der Waals surface area contributed by atoms with Gasteiger partial charge in [0.25, 0.3) is 0 Å². The third-order valence-electron chi connectivity index (χ3n) is 6.39. The minimum atomic E-state index is -3.80. The maximum absolute atomic E-state index is 13.6. The van der Waals surface area contributed by atoms with Crippen LogP contribution in [0.3, 0.4) is 0 Å². The van der Waals surface area contributed by atoms with Crippen molar-refractivity contribution in [2.24, 2.45) is 0 Å². The first kappa shape index (κ1) is 26.7. The zero-order valence-corrected chi connectivity index (χ0v) is 21.3. The van der Waals surface area contributed by atoms with Crippen molar-refractivity contribution < 1.29 is 27.9 Å². The molecular weight excluding hydrogens is 468 g/mol. The summed E-state index contributed by atoms with van der Waals surface area (Å²) in [4.78, 5) is 23.4. The Bertz CT molecular complexity index is 1160. The summed E-state index contributed by atoms with van der Waals surface area (Å²) in [5, 5.41) is 12.0. The SMILES string of the molecule is CCC[C@H]1CN(Cc2cc(C(CCC(=O)NC)CC(=O)O)ccc2C)S(=O)(=O)c2ccccc2O1. The number of rotatable bonds is 10. The maximum atomic E-state index is 13.6. The molecule has 2 atom stereocenters. The molecule has 0 aliphatic carbocycles. The maximum Gasteiger partial charge on any atom is 0.303 e. The number of aryl methyl sites for hydroxylation is 1. The highest BCUT2D eigenvalue weighted by atomic mass is 32.2. The molecule has 1 amide bonds.